The van der Waals surface area contributed by atoms with Crippen molar-refractivity contribution in [2.45, 2.75) is 6.42 Å². The van der Waals surface area contributed by atoms with Crippen molar-refractivity contribution in [3.63, 3.8) is 0 Å². The van der Waals surface area contributed by atoms with E-state index in [1.165, 1.54) is 0 Å². The number of nitrogens with zero attached hydrogens (tertiary/aromatic N) is 2. The lowest BCUT2D eigenvalue weighted by atomic mass is 10.1. The number of morpholine rings is 1. The monoisotopic (exact) mass is 365 g/mol. The first-order valence-corrected chi connectivity index (χ1v) is 9.34. The van der Waals surface area contributed by atoms with Gasteiger partial charge < -0.3 is 14.6 Å². The third-order valence-corrected chi connectivity index (χ3v) is 4.82. The van der Waals surface area contributed by atoms with Crippen LogP contribution in [0.15, 0.2) is 53.1 Å². The second kappa shape index (κ2) is 8.33. The van der Waals surface area contributed by atoms with Gasteiger partial charge in [0.1, 0.15) is 5.52 Å². The molecule has 1 aliphatic heterocycles. The molecule has 0 unspecified atom stereocenters. The molecule has 1 saturated heterocycles. The van der Waals surface area contributed by atoms with Crippen molar-refractivity contribution in [3.8, 4) is 11.3 Å². The molecule has 6 nitrogen and oxygen atoms in total. The van der Waals surface area contributed by atoms with Gasteiger partial charge in [-0.3, -0.25) is 9.69 Å². The summed E-state index contributed by atoms with van der Waals surface area (Å²) in [4.78, 5) is 14.9. The van der Waals surface area contributed by atoms with Gasteiger partial charge in [-0.15, -0.1) is 0 Å². The maximum absolute atomic E-state index is 12.5. The minimum atomic E-state index is -0.0703. The van der Waals surface area contributed by atoms with Gasteiger partial charge in [0.05, 0.1) is 18.6 Å². The molecule has 1 fully saturated rings. The Labute approximate surface area is 158 Å². The van der Waals surface area contributed by atoms with Gasteiger partial charge in [0.2, 0.25) is 0 Å². The van der Waals surface area contributed by atoms with E-state index in [1.807, 2.05) is 42.5 Å². The summed E-state index contributed by atoms with van der Waals surface area (Å²) in [6.45, 7) is 5.18. The van der Waals surface area contributed by atoms with Crippen LogP contribution in [0.5, 0.6) is 0 Å². The fourth-order valence-corrected chi connectivity index (χ4v) is 3.31. The molecule has 0 aliphatic carbocycles. The van der Waals surface area contributed by atoms with Crippen LogP contribution in [0, 0.1) is 0 Å². The average Bonchev–Trinajstić information content (AvgIpc) is 3.16. The standard InChI is InChI=1S/C21H23N3O3/c25-21(22-9-4-10-24-11-13-26-14-12-24)17-7-8-19-18(15-17)20(27-23-19)16-5-2-1-3-6-16/h1-3,5-8,15H,4,9-14H2,(H,22,25). The van der Waals surface area contributed by atoms with Gasteiger partial charge in [-0.1, -0.05) is 35.5 Å². The summed E-state index contributed by atoms with van der Waals surface area (Å²) >= 11 is 0. The quantitative estimate of drug-likeness (QED) is 0.680. The number of aromatic nitrogens is 1. The molecule has 27 heavy (non-hydrogen) atoms. The Morgan fingerprint density at radius 3 is 2.74 bits per heavy atom. The highest BCUT2D eigenvalue weighted by Gasteiger charge is 2.14. The van der Waals surface area contributed by atoms with E-state index in [1.54, 1.807) is 6.07 Å². The molecule has 0 radical (unpaired) electrons. The molecule has 0 spiro atoms. The van der Waals surface area contributed by atoms with Gasteiger partial charge in [-0.2, -0.15) is 0 Å². The smallest absolute Gasteiger partial charge is 0.251 e. The summed E-state index contributed by atoms with van der Waals surface area (Å²) < 4.78 is 10.9. The van der Waals surface area contributed by atoms with E-state index in [0.717, 1.165) is 55.7 Å². The predicted molar refractivity (Wildman–Crippen MR) is 104 cm³/mol. The second-order valence-electron chi connectivity index (χ2n) is 6.67. The molecule has 0 bridgehead atoms. The first kappa shape index (κ1) is 17.7. The Kier molecular flexibility index (Phi) is 5.46. The van der Waals surface area contributed by atoms with Crippen molar-refractivity contribution in [1.82, 2.24) is 15.4 Å². The number of hydrogen-bond donors (Lipinski definition) is 1. The SMILES string of the molecule is O=C(NCCCN1CCOCC1)c1ccc2noc(-c3ccccc3)c2c1. The Hall–Kier alpha value is -2.70. The molecule has 1 amide bonds. The van der Waals surface area contributed by atoms with E-state index >= 15 is 0 Å². The molecule has 1 aromatic heterocycles. The van der Waals surface area contributed by atoms with E-state index in [4.69, 9.17) is 9.26 Å². The summed E-state index contributed by atoms with van der Waals surface area (Å²) in [5.74, 6) is 0.617. The minimum Gasteiger partial charge on any atom is -0.379 e. The van der Waals surface area contributed by atoms with Crippen molar-refractivity contribution in [1.29, 1.82) is 0 Å². The molecule has 1 aliphatic rings. The van der Waals surface area contributed by atoms with Gasteiger partial charge in [0.15, 0.2) is 5.76 Å². The van der Waals surface area contributed by atoms with Crippen molar-refractivity contribution >= 4 is 16.8 Å². The van der Waals surface area contributed by atoms with Crippen LogP contribution in [0.4, 0.5) is 0 Å². The zero-order chi connectivity index (χ0) is 18.5. The number of benzene rings is 2. The lowest BCUT2D eigenvalue weighted by molar-refractivity contribution is 0.0374. The molecule has 4 rings (SSSR count). The predicted octanol–water partition coefficient (Wildman–Crippen LogP) is 2.95. The Morgan fingerprint density at radius 1 is 1.11 bits per heavy atom. The molecule has 140 valence electrons. The second-order valence-corrected chi connectivity index (χ2v) is 6.67. The number of carbonyl (C=O) groups is 1. The van der Waals surface area contributed by atoms with Gasteiger partial charge in [-0.05, 0) is 31.2 Å². The lowest BCUT2D eigenvalue weighted by Crippen LogP contribution is -2.38. The third-order valence-electron chi connectivity index (χ3n) is 4.82. The fourth-order valence-electron chi connectivity index (χ4n) is 3.31. The van der Waals surface area contributed by atoms with Crippen LogP contribution < -0.4 is 5.32 Å². The van der Waals surface area contributed by atoms with Crippen molar-refractivity contribution < 1.29 is 14.1 Å². The summed E-state index contributed by atoms with van der Waals surface area (Å²) in [6.07, 6.45) is 0.927. The molecule has 6 heteroatoms. The molecule has 2 aromatic carbocycles. The first-order valence-electron chi connectivity index (χ1n) is 9.34. The van der Waals surface area contributed by atoms with Crippen LogP contribution in [-0.2, 0) is 4.74 Å². The number of fused-ring (bicyclic) bond motifs is 1. The first-order chi connectivity index (χ1) is 13.3. The van der Waals surface area contributed by atoms with E-state index < -0.39 is 0 Å². The van der Waals surface area contributed by atoms with Crippen molar-refractivity contribution in [2.75, 3.05) is 39.4 Å². The van der Waals surface area contributed by atoms with Crippen LogP contribution in [0.2, 0.25) is 0 Å². The lowest BCUT2D eigenvalue weighted by Gasteiger charge is -2.26. The fraction of sp³-hybridized carbons (Fsp3) is 0.333. The Bertz CT molecular complexity index is 901. The molecule has 0 saturated carbocycles. The largest absolute Gasteiger partial charge is 0.379 e. The normalized spacial score (nSPS) is 15.1. The molecule has 2 heterocycles. The summed E-state index contributed by atoms with van der Waals surface area (Å²) in [6, 6.07) is 15.3. The summed E-state index contributed by atoms with van der Waals surface area (Å²) in [5.41, 5.74) is 2.31. The number of carbonyl (C=O) groups excluding carboxylic acids is 1. The third kappa shape index (κ3) is 4.18. The molecule has 0 atom stereocenters. The van der Waals surface area contributed by atoms with Crippen LogP contribution in [-0.4, -0.2) is 55.4 Å². The average molecular weight is 365 g/mol. The van der Waals surface area contributed by atoms with Crippen molar-refractivity contribution in [2.24, 2.45) is 0 Å². The van der Waals surface area contributed by atoms with E-state index in [-0.39, 0.29) is 5.91 Å². The zero-order valence-electron chi connectivity index (χ0n) is 15.2. The van der Waals surface area contributed by atoms with Crippen LogP contribution in [0.1, 0.15) is 16.8 Å². The number of rotatable bonds is 6. The van der Waals surface area contributed by atoms with Gasteiger partial charge >= 0.3 is 0 Å². The highest BCUT2D eigenvalue weighted by molar-refractivity contribution is 6.00. The highest BCUT2D eigenvalue weighted by Crippen LogP contribution is 2.29. The van der Waals surface area contributed by atoms with Crippen LogP contribution in [0.3, 0.4) is 0 Å². The molecular weight excluding hydrogens is 342 g/mol. The number of nitrogens with one attached hydrogen (secondary N) is 1. The topological polar surface area (TPSA) is 67.6 Å². The Morgan fingerprint density at radius 2 is 1.93 bits per heavy atom. The molecule has 3 aromatic rings. The molecule has 1 N–H and O–H groups in total. The van der Waals surface area contributed by atoms with Crippen LogP contribution >= 0.6 is 0 Å². The van der Waals surface area contributed by atoms with Gasteiger partial charge in [-0.25, -0.2) is 0 Å². The van der Waals surface area contributed by atoms with Crippen molar-refractivity contribution in [3.05, 3.63) is 54.1 Å². The number of ether oxygens (including phenoxy) is 1. The summed E-state index contributed by atoms with van der Waals surface area (Å²) in [5, 5.41) is 7.96. The number of hydrogen-bond acceptors (Lipinski definition) is 5. The molecular formula is C21H23N3O3. The van der Waals surface area contributed by atoms with E-state index in [0.29, 0.717) is 17.9 Å². The maximum atomic E-state index is 12.5. The zero-order valence-corrected chi connectivity index (χ0v) is 15.2. The van der Waals surface area contributed by atoms with Crippen LogP contribution in [0.25, 0.3) is 22.2 Å². The maximum Gasteiger partial charge on any atom is 0.251 e. The highest BCUT2D eigenvalue weighted by atomic mass is 16.5. The summed E-state index contributed by atoms with van der Waals surface area (Å²) in [7, 11) is 0. The van der Waals surface area contributed by atoms with Gasteiger partial charge in [0, 0.05) is 30.8 Å². The van der Waals surface area contributed by atoms with E-state index in [9.17, 15) is 4.79 Å². The minimum absolute atomic E-state index is 0.0703. The number of amides is 1. The Balaban J connectivity index is 1.40. The van der Waals surface area contributed by atoms with E-state index in [2.05, 4.69) is 15.4 Å². The van der Waals surface area contributed by atoms with Gasteiger partial charge in [0.25, 0.3) is 5.91 Å².